The van der Waals surface area contributed by atoms with Crippen LogP contribution in [0.2, 0.25) is 0 Å². The SMILES string of the molecule is C1=Cc2c(ccc3ccccc23)C=I1. The van der Waals surface area contributed by atoms with Crippen LogP contribution in [0.1, 0.15) is 11.1 Å². The van der Waals surface area contributed by atoms with Crippen molar-refractivity contribution in [2.24, 2.45) is 0 Å². The molecule has 0 bridgehead atoms. The number of rotatable bonds is 0. The Morgan fingerprint density at radius 1 is 0.929 bits per heavy atom. The van der Waals surface area contributed by atoms with Crippen molar-refractivity contribution in [3.05, 3.63) is 51.6 Å². The number of halogens is 1. The quantitative estimate of drug-likeness (QED) is 0.645. The third-order valence-corrected chi connectivity index (χ3v) is 4.29. The molecule has 2 aromatic carbocycles. The lowest BCUT2D eigenvalue weighted by Crippen LogP contribution is -1.89. The van der Waals surface area contributed by atoms with Crippen molar-refractivity contribution in [1.29, 1.82) is 0 Å². The molecule has 2 aromatic rings. The highest BCUT2D eigenvalue weighted by molar-refractivity contribution is 14.2. The zero-order valence-corrected chi connectivity index (χ0v) is 9.73. The van der Waals surface area contributed by atoms with Crippen LogP contribution in [0.25, 0.3) is 16.8 Å². The fourth-order valence-electron chi connectivity index (χ4n) is 1.80. The standard InChI is InChI=1S/C13H9I/c1-2-4-12-10(3-1)5-6-11-9-14-8-7-13(11)12/h1-9H. The third-order valence-electron chi connectivity index (χ3n) is 2.49. The molecule has 0 saturated carbocycles. The van der Waals surface area contributed by atoms with Crippen LogP contribution < -0.4 is 0 Å². The van der Waals surface area contributed by atoms with Crippen molar-refractivity contribution in [2.75, 3.05) is 0 Å². The van der Waals surface area contributed by atoms with Gasteiger partial charge in [-0.3, -0.25) is 0 Å². The van der Waals surface area contributed by atoms with Gasteiger partial charge in [0.15, 0.2) is 0 Å². The number of fused-ring (bicyclic) bond motifs is 3. The smallest absolute Gasteiger partial charge is 0.00966 e. The van der Waals surface area contributed by atoms with Crippen molar-refractivity contribution >= 4 is 41.6 Å². The largest absolute Gasteiger partial charge is 0.0931 e. The van der Waals surface area contributed by atoms with Crippen molar-refractivity contribution in [1.82, 2.24) is 0 Å². The average Bonchev–Trinajstić information content (AvgIpc) is 2.29. The Morgan fingerprint density at radius 2 is 1.86 bits per heavy atom. The van der Waals surface area contributed by atoms with Gasteiger partial charge in [-0.05, 0) is 36.1 Å². The average molecular weight is 292 g/mol. The summed E-state index contributed by atoms with van der Waals surface area (Å²) in [4.78, 5) is 0. The monoisotopic (exact) mass is 292 g/mol. The molecule has 0 nitrogen and oxygen atoms in total. The van der Waals surface area contributed by atoms with E-state index >= 15 is 0 Å². The van der Waals surface area contributed by atoms with E-state index < -0.39 is 0 Å². The summed E-state index contributed by atoms with van der Waals surface area (Å²) < 4.78 is 4.72. The number of hydrogen-bond donors (Lipinski definition) is 0. The van der Waals surface area contributed by atoms with Crippen LogP contribution in [-0.4, -0.2) is 4.01 Å². The summed E-state index contributed by atoms with van der Waals surface area (Å²) >= 11 is 0.164. The van der Waals surface area contributed by atoms with E-state index in [9.17, 15) is 0 Å². The summed E-state index contributed by atoms with van der Waals surface area (Å²) in [6.07, 6.45) is 2.28. The molecular formula is C13H9I. The minimum Gasteiger partial charge on any atom is -0.0931 e. The minimum absolute atomic E-state index is 0.164. The first-order valence-electron chi connectivity index (χ1n) is 4.59. The van der Waals surface area contributed by atoms with E-state index in [1.54, 1.807) is 0 Å². The molecule has 68 valence electrons. The fraction of sp³-hybridized carbons (Fsp3) is 0. The molecule has 0 N–H and O–H groups in total. The van der Waals surface area contributed by atoms with E-state index in [-0.39, 0.29) is 20.7 Å². The van der Waals surface area contributed by atoms with Gasteiger partial charge in [-0.1, -0.05) is 57.1 Å². The van der Waals surface area contributed by atoms with Crippen LogP contribution in [0, 0.1) is 0 Å². The van der Waals surface area contributed by atoms with E-state index in [1.165, 1.54) is 21.9 Å². The second kappa shape index (κ2) is 3.31. The van der Waals surface area contributed by atoms with Crippen LogP contribution in [0.15, 0.2) is 40.5 Å². The van der Waals surface area contributed by atoms with Gasteiger partial charge in [0.05, 0.1) is 0 Å². The Kier molecular flexibility index (Phi) is 1.98. The van der Waals surface area contributed by atoms with Crippen molar-refractivity contribution in [3.63, 3.8) is 0 Å². The van der Waals surface area contributed by atoms with Crippen molar-refractivity contribution < 1.29 is 0 Å². The van der Waals surface area contributed by atoms with Gasteiger partial charge in [0, 0.05) is 0 Å². The highest BCUT2D eigenvalue weighted by atomic mass is 127. The van der Waals surface area contributed by atoms with Gasteiger partial charge in [-0.15, -0.1) is 0 Å². The predicted octanol–water partition coefficient (Wildman–Crippen LogP) is 3.95. The van der Waals surface area contributed by atoms with E-state index in [1.807, 2.05) is 0 Å². The van der Waals surface area contributed by atoms with Gasteiger partial charge in [0.2, 0.25) is 0 Å². The first kappa shape index (κ1) is 8.36. The Bertz CT molecular complexity index is 550. The summed E-state index contributed by atoms with van der Waals surface area (Å²) in [6, 6.07) is 13.0. The number of benzene rings is 2. The highest BCUT2D eigenvalue weighted by Gasteiger charge is 2.03. The third kappa shape index (κ3) is 1.23. The molecule has 0 atom stereocenters. The van der Waals surface area contributed by atoms with Crippen molar-refractivity contribution in [2.45, 2.75) is 0 Å². The van der Waals surface area contributed by atoms with Crippen LogP contribution in [0.5, 0.6) is 0 Å². The zero-order valence-electron chi connectivity index (χ0n) is 7.57. The van der Waals surface area contributed by atoms with Crippen LogP contribution in [0.3, 0.4) is 0 Å². The second-order valence-corrected chi connectivity index (χ2v) is 5.38. The van der Waals surface area contributed by atoms with Crippen molar-refractivity contribution in [3.8, 4) is 0 Å². The molecule has 1 heteroatoms. The van der Waals surface area contributed by atoms with Gasteiger partial charge in [0.25, 0.3) is 0 Å². The first-order chi connectivity index (χ1) is 6.95. The fourth-order valence-corrected chi connectivity index (χ4v) is 3.50. The molecule has 1 heterocycles. The van der Waals surface area contributed by atoms with Crippen LogP contribution >= 0.6 is 20.7 Å². The molecule has 0 aromatic heterocycles. The molecule has 14 heavy (non-hydrogen) atoms. The van der Waals surface area contributed by atoms with Gasteiger partial charge in [-0.25, -0.2) is 0 Å². The lowest BCUT2D eigenvalue weighted by atomic mass is 10.00. The Labute approximate surface area is 93.0 Å². The molecule has 1 aliphatic heterocycles. The summed E-state index contributed by atoms with van der Waals surface area (Å²) in [5, 5.41) is 2.71. The molecule has 0 aliphatic carbocycles. The Hall–Kier alpha value is -0.960. The topological polar surface area (TPSA) is 0 Å². The van der Waals surface area contributed by atoms with Gasteiger partial charge < -0.3 is 0 Å². The Balaban J connectivity index is 2.47. The first-order valence-corrected chi connectivity index (χ1v) is 7.08. The van der Waals surface area contributed by atoms with Crippen LogP contribution in [-0.2, 0) is 0 Å². The molecule has 0 saturated heterocycles. The molecule has 0 radical (unpaired) electrons. The van der Waals surface area contributed by atoms with E-state index in [0.29, 0.717) is 0 Å². The second-order valence-electron chi connectivity index (χ2n) is 3.32. The maximum absolute atomic E-state index is 2.39. The summed E-state index contributed by atoms with van der Waals surface area (Å²) in [7, 11) is 0. The zero-order chi connectivity index (χ0) is 9.38. The predicted molar refractivity (Wildman–Crippen MR) is 72.2 cm³/mol. The molecule has 0 amide bonds. The summed E-state index contributed by atoms with van der Waals surface area (Å²) in [5.41, 5.74) is 2.81. The molecule has 0 unspecified atom stereocenters. The maximum Gasteiger partial charge on any atom is -0.00966 e. The molecular weight excluding hydrogens is 283 g/mol. The molecule has 3 rings (SSSR count). The van der Waals surface area contributed by atoms with Crippen LogP contribution in [0.4, 0.5) is 0 Å². The van der Waals surface area contributed by atoms with E-state index in [0.717, 1.165) is 0 Å². The minimum atomic E-state index is 0.164. The van der Waals surface area contributed by atoms with Gasteiger partial charge in [-0.2, -0.15) is 0 Å². The summed E-state index contributed by atoms with van der Waals surface area (Å²) in [5.74, 6) is 0. The van der Waals surface area contributed by atoms with E-state index in [2.05, 4.69) is 50.6 Å². The molecule has 1 aliphatic rings. The normalized spacial score (nSPS) is 13.7. The molecule has 0 spiro atoms. The Morgan fingerprint density at radius 3 is 2.86 bits per heavy atom. The van der Waals surface area contributed by atoms with Gasteiger partial charge in [0.1, 0.15) is 0 Å². The molecule has 0 fully saturated rings. The van der Waals surface area contributed by atoms with E-state index in [4.69, 9.17) is 0 Å². The highest BCUT2D eigenvalue weighted by Crippen LogP contribution is 2.27. The lowest BCUT2D eigenvalue weighted by Gasteiger charge is -2.08. The summed E-state index contributed by atoms with van der Waals surface area (Å²) in [6.45, 7) is 0. The maximum atomic E-state index is 2.39. The number of hydrogen-bond acceptors (Lipinski definition) is 0. The lowest BCUT2D eigenvalue weighted by molar-refractivity contribution is 1.69. The van der Waals surface area contributed by atoms with Gasteiger partial charge >= 0.3 is 0 Å².